The molecule has 0 aromatic carbocycles. The Balaban J connectivity index is 2.56. The standard InChI is InChI=1S/C11H15FN2O4/c1-6-7(5-15)18-9(11(6,2)12)14-4-3-8(16)13-10(14)17/h3-4,6-7,9,15H,5H2,1-2H3,(H,13,16,17)/t6-,7-,9-,11-/m1/s1/i5D2,7D. The van der Waals surface area contributed by atoms with E-state index in [0.29, 0.717) is 0 Å². The highest BCUT2D eigenvalue weighted by Crippen LogP contribution is 2.44. The summed E-state index contributed by atoms with van der Waals surface area (Å²) in [5, 5.41) is 9.47. The molecule has 0 unspecified atom stereocenters. The molecule has 1 aliphatic rings. The van der Waals surface area contributed by atoms with Crippen molar-refractivity contribution in [3.8, 4) is 0 Å². The molecule has 18 heavy (non-hydrogen) atoms. The fraction of sp³-hybridized carbons (Fsp3) is 0.636. The lowest BCUT2D eigenvalue weighted by Gasteiger charge is -2.25. The second-order valence-electron chi connectivity index (χ2n) is 4.34. The van der Waals surface area contributed by atoms with Gasteiger partial charge in [-0.1, -0.05) is 6.92 Å². The van der Waals surface area contributed by atoms with Crippen molar-refractivity contribution in [3.63, 3.8) is 0 Å². The van der Waals surface area contributed by atoms with E-state index >= 15 is 0 Å². The Morgan fingerprint density at radius 1 is 1.78 bits per heavy atom. The molecule has 6 nitrogen and oxygen atoms in total. The SMILES string of the molecule is [2H]C([2H])(O)[C@@]1([2H])O[C@@H](n2ccc(=O)[nH]c2=O)[C@](C)(F)[C@@H]1C. The van der Waals surface area contributed by atoms with Crippen molar-refractivity contribution in [2.24, 2.45) is 5.92 Å². The van der Waals surface area contributed by atoms with Gasteiger partial charge in [0.1, 0.15) is 0 Å². The molecule has 1 aliphatic heterocycles. The smallest absolute Gasteiger partial charge is 0.330 e. The number of hydrogen-bond donors (Lipinski definition) is 2. The van der Waals surface area contributed by atoms with Gasteiger partial charge in [-0.2, -0.15) is 0 Å². The first-order valence-electron chi connectivity index (χ1n) is 6.82. The molecule has 0 amide bonds. The molecule has 2 heterocycles. The topological polar surface area (TPSA) is 84.3 Å². The average Bonchev–Trinajstić information content (AvgIpc) is 2.51. The Bertz CT molecular complexity index is 668. The maximum atomic E-state index is 14.9. The van der Waals surface area contributed by atoms with E-state index in [9.17, 15) is 19.1 Å². The zero-order valence-electron chi connectivity index (χ0n) is 12.8. The van der Waals surface area contributed by atoms with Gasteiger partial charge >= 0.3 is 5.69 Å². The molecule has 100 valence electrons. The number of aliphatic hydroxyl groups is 1. The van der Waals surface area contributed by atoms with Crippen LogP contribution < -0.4 is 11.2 Å². The number of ether oxygens (including phenoxy) is 1. The number of alkyl halides is 1. The second kappa shape index (κ2) is 4.33. The van der Waals surface area contributed by atoms with Gasteiger partial charge in [-0.3, -0.25) is 14.3 Å². The van der Waals surface area contributed by atoms with E-state index in [-0.39, 0.29) is 0 Å². The van der Waals surface area contributed by atoms with Crippen LogP contribution in [0.25, 0.3) is 0 Å². The van der Waals surface area contributed by atoms with Crippen LogP contribution in [-0.2, 0) is 4.74 Å². The quantitative estimate of drug-likeness (QED) is 0.771. The van der Waals surface area contributed by atoms with Crippen molar-refractivity contribution in [1.29, 1.82) is 0 Å². The molecule has 0 saturated carbocycles. The molecule has 2 N–H and O–H groups in total. The number of rotatable bonds is 2. The van der Waals surface area contributed by atoms with Crippen LogP contribution in [0.1, 0.15) is 24.2 Å². The number of halogens is 1. The van der Waals surface area contributed by atoms with Crippen LogP contribution in [0.3, 0.4) is 0 Å². The van der Waals surface area contributed by atoms with Crippen molar-refractivity contribution in [2.75, 3.05) is 6.56 Å². The Morgan fingerprint density at radius 2 is 2.44 bits per heavy atom. The Morgan fingerprint density at radius 3 is 2.94 bits per heavy atom. The van der Waals surface area contributed by atoms with Gasteiger partial charge in [0.05, 0.1) is 16.8 Å². The van der Waals surface area contributed by atoms with Crippen LogP contribution in [0.4, 0.5) is 4.39 Å². The van der Waals surface area contributed by atoms with Crippen LogP contribution in [0.2, 0.25) is 0 Å². The number of nitrogens with zero attached hydrogens (tertiary/aromatic N) is 1. The summed E-state index contributed by atoms with van der Waals surface area (Å²) in [4.78, 5) is 24.7. The molecule has 0 spiro atoms. The molecule has 1 fully saturated rings. The van der Waals surface area contributed by atoms with Gasteiger partial charge in [-0.25, -0.2) is 9.18 Å². The van der Waals surface area contributed by atoms with Crippen molar-refractivity contribution >= 4 is 0 Å². The molecule has 0 aliphatic carbocycles. The Labute approximate surface area is 106 Å². The van der Waals surface area contributed by atoms with Crippen molar-refractivity contribution in [1.82, 2.24) is 9.55 Å². The van der Waals surface area contributed by atoms with Crippen LogP contribution in [0.5, 0.6) is 0 Å². The minimum atomic E-state index is -3.14. The summed E-state index contributed by atoms with van der Waals surface area (Å²) in [6.07, 6.45) is -3.26. The molecule has 0 radical (unpaired) electrons. The van der Waals surface area contributed by atoms with E-state index in [2.05, 4.69) is 0 Å². The summed E-state index contributed by atoms with van der Waals surface area (Å²) in [5.74, 6) is -1.38. The van der Waals surface area contributed by atoms with E-state index in [1.54, 1.807) is 0 Å². The molecular weight excluding hydrogens is 243 g/mol. The van der Waals surface area contributed by atoms with E-state index in [0.717, 1.165) is 23.8 Å². The highest BCUT2D eigenvalue weighted by atomic mass is 19.1. The molecule has 1 aromatic heterocycles. The van der Waals surface area contributed by atoms with Crippen LogP contribution in [0, 0.1) is 5.92 Å². The van der Waals surface area contributed by atoms with Crippen LogP contribution in [0.15, 0.2) is 21.9 Å². The summed E-state index contributed by atoms with van der Waals surface area (Å²) in [6.45, 7) is -0.889. The number of nitrogens with one attached hydrogen (secondary N) is 1. The summed E-state index contributed by atoms with van der Waals surface area (Å²) in [6, 6.07) is 0.975. The molecule has 1 saturated heterocycles. The van der Waals surface area contributed by atoms with Gasteiger partial charge in [0.25, 0.3) is 5.56 Å². The summed E-state index contributed by atoms with van der Waals surface area (Å²) in [5.41, 5.74) is -3.95. The highest BCUT2D eigenvalue weighted by Gasteiger charge is 2.53. The third-order valence-electron chi connectivity index (χ3n) is 3.18. The number of hydrogen-bond acceptors (Lipinski definition) is 4. The number of H-pyrrole nitrogens is 1. The van der Waals surface area contributed by atoms with Gasteiger partial charge in [0, 0.05) is 18.2 Å². The monoisotopic (exact) mass is 261 g/mol. The van der Waals surface area contributed by atoms with Gasteiger partial charge in [-0.05, 0) is 6.92 Å². The highest BCUT2D eigenvalue weighted by molar-refractivity contribution is 4.99. The third-order valence-corrected chi connectivity index (χ3v) is 3.18. The van der Waals surface area contributed by atoms with E-state index in [1.807, 2.05) is 4.98 Å². The fourth-order valence-electron chi connectivity index (χ4n) is 1.87. The molecule has 1 aromatic rings. The van der Waals surface area contributed by atoms with Crippen molar-refractivity contribution < 1.29 is 18.3 Å². The summed E-state index contributed by atoms with van der Waals surface area (Å²) < 4.78 is 43.1. The molecular formula is C11H15FN2O4. The maximum absolute atomic E-state index is 14.9. The Hall–Kier alpha value is -1.47. The third kappa shape index (κ3) is 1.89. The average molecular weight is 261 g/mol. The molecule has 7 heteroatoms. The van der Waals surface area contributed by atoms with Gasteiger partial charge in [0.15, 0.2) is 11.9 Å². The van der Waals surface area contributed by atoms with E-state index < -0.39 is 41.7 Å². The molecule has 4 atom stereocenters. The normalized spacial score (nSPS) is 43.2. The largest absolute Gasteiger partial charge is 0.394 e. The number of aromatic nitrogens is 2. The minimum Gasteiger partial charge on any atom is -0.394 e. The van der Waals surface area contributed by atoms with Gasteiger partial charge in [0.2, 0.25) is 0 Å². The predicted molar refractivity (Wildman–Crippen MR) is 61.0 cm³/mol. The lowest BCUT2D eigenvalue weighted by Crippen LogP contribution is -2.40. The van der Waals surface area contributed by atoms with E-state index in [1.165, 1.54) is 6.92 Å². The first kappa shape index (κ1) is 9.46. The molecule has 0 bridgehead atoms. The fourth-order valence-corrected chi connectivity index (χ4v) is 1.87. The second-order valence-corrected chi connectivity index (χ2v) is 4.34. The predicted octanol–water partition coefficient (Wildman–Crippen LogP) is -0.209. The molecule has 2 rings (SSSR count). The lowest BCUT2D eigenvalue weighted by molar-refractivity contribution is -0.0611. The van der Waals surface area contributed by atoms with Crippen LogP contribution in [-0.4, -0.2) is 33.0 Å². The van der Waals surface area contributed by atoms with Gasteiger partial charge in [-0.15, -0.1) is 0 Å². The zero-order valence-corrected chi connectivity index (χ0v) is 9.81. The number of aromatic amines is 1. The summed E-state index contributed by atoms with van der Waals surface area (Å²) >= 11 is 0. The maximum Gasteiger partial charge on any atom is 0.330 e. The van der Waals surface area contributed by atoms with E-state index in [4.69, 9.17) is 8.85 Å². The van der Waals surface area contributed by atoms with Crippen molar-refractivity contribution in [2.45, 2.75) is 31.8 Å². The zero-order chi connectivity index (χ0) is 16.2. The minimum absolute atomic E-state index is 0.683. The Kier molecular flexibility index (Phi) is 2.27. The van der Waals surface area contributed by atoms with Gasteiger partial charge < -0.3 is 9.84 Å². The lowest BCUT2D eigenvalue weighted by atomic mass is 9.90. The summed E-state index contributed by atoms with van der Waals surface area (Å²) in [7, 11) is 0. The van der Waals surface area contributed by atoms with Crippen molar-refractivity contribution in [3.05, 3.63) is 33.1 Å². The van der Waals surface area contributed by atoms with Crippen LogP contribution >= 0.6 is 0 Å². The first-order valence-corrected chi connectivity index (χ1v) is 5.32. The first-order chi connectivity index (χ1) is 9.41.